The van der Waals surface area contributed by atoms with E-state index < -0.39 is 58.2 Å². The Labute approximate surface area is 278 Å². The minimum atomic E-state index is -5.04. The number of hydrogen-bond acceptors (Lipinski definition) is 15. The maximum atomic E-state index is 12.6. The number of anilines is 2. The summed E-state index contributed by atoms with van der Waals surface area (Å²) in [6.07, 6.45) is 1.22. The zero-order chi connectivity index (χ0) is 32.3. The Morgan fingerprint density at radius 2 is 1.52 bits per heavy atom. The number of ether oxygens (including phenoxy) is 2. The smallest absolute Gasteiger partial charge is 0.385 e. The van der Waals surface area contributed by atoms with E-state index in [0.29, 0.717) is 50.8 Å². The monoisotopic (exact) mass is 687 g/mol. The molecular formula is C23H32N6NaO11S3+. The van der Waals surface area contributed by atoms with Gasteiger partial charge < -0.3 is 20.1 Å². The third-order valence-corrected chi connectivity index (χ3v) is 8.60. The van der Waals surface area contributed by atoms with Gasteiger partial charge in [0.05, 0.1) is 22.8 Å². The Morgan fingerprint density at radius 1 is 0.932 bits per heavy atom. The summed E-state index contributed by atoms with van der Waals surface area (Å²) < 4.78 is 103. The molecule has 0 unspecified atom stereocenters. The molecule has 0 aliphatic rings. The van der Waals surface area contributed by atoms with Gasteiger partial charge in [0.15, 0.2) is 15.7 Å². The van der Waals surface area contributed by atoms with Crippen LogP contribution in [0.25, 0.3) is 0 Å². The van der Waals surface area contributed by atoms with Crippen LogP contribution in [0.4, 0.5) is 23.0 Å². The summed E-state index contributed by atoms with van der Waals surface area (Å²) in [6.45, 7) is 2.40. The van der Waals surface area contributed by atoms with Gasteiger partial charge in [0.25, 0.3) is 10.1 Å². The largest absolute Gasteiger partial charge is 1.00 e. The van der Waals surface area contributed by atoms with Gasteiger partial charge in [-0.1, -0.05) is 0 Å². The molecule has 0 amide bonds. The SMILES string of the molecule is COCCCNc1nc(NCCCOC)c(N=Nc2ccc(S(=O)(=O)CCOS(=O)(=O)O)cc2S(=O)(=O)O)c(C)c1C#N.[Na+]. The average Bonchev–Trinajstić information content (AvgIpc) is 2.91. The Balaban J connectivity index is 0.00000968. The molecule has 0 radical (unpaired) electrons. The molecule has 17 nitrogen and oxygen atoms in total. The summed E-state index contributed by atoms with van der Waals surface area (Å²) in [4.78, 5) is 2.96. The van der Waals surface area contributed by atoms with Crippen molar-refractivity contribution in [1.29, 1.82) is 5.26 Å². The first-order valence-electron chi connectivity index (χ1n) is 12.4. The van der Waals surface area contributed by atoms with Crippen LogP contribution in [0.3, 0.4) is 0 Å². The van der Waals surface area contributed by atoms with Crippen molar-refractivity contribution in [2.75, 3.05) is 63.5 Å². The third-order valence-electron chi connectivity index (χ3n) is 5.57. The molecule has 1 aromatic heterocycles. The summed E-state index contributed by atoms with van der Waals surface area (Å²) in [7, 11) is -11.2. The van der Waals surface area contributed by atoms with Crippen LogP contribution in [0.15, 0.2) is 38.2 Å². The van der Waals surface area contributed by atoms with E-state index >= 15 is 0 Å². The molecule has 0 fully saturated rings. The summed E-state index contributed by atoms with van der Waals surface area (Å²) >= 11 is 0. The number of rotatable bonds is 18. The van der Waals surface area contributed by atoms with Crippen LogP contribution in [0.1, 0.15) is 24.0 Å². The Kier molecular flexibility index (Phi) is 16.3. The standard InChI is InChI=1S/C23H32N6O11S3.Na/c1-16-18(15-24)22(25-8-4-10-38-2)27-23(26-9-5-11-39-3)21(16)29-28-19-7-6-17(14-20(19)42(32,33)34)41(30,31)13-12-40-43(35,36)37;/h6-7,14H,4-5,8-13H2,1-3H3,(H2,25,26,27)(H,32,33,34)(H,35,36,37);/q;+1. The number of hydrogen-bond donors (Lipinski definition) is 4. The topological polar surface area (TPSA) is 256 Å². The van der Waals surface area contributed by atoms with Crippen LogP contribution in [0.5, 0.6) is 0 Å². The van der Waals surface area contributed by atoms with E-state index in [1.165, 1.54) is 0 Å². The van der Waals surface area contributed by atoms with Crippen molar-refractivity contribution in [2.45, 2.75) is 29.6 Å². The molecule has 2 aromatic rings. The van der Waals surface area contributed by atoms with Crippen LogP contribution < -0.4 is 40.2 Å². The molecule has 21 heteroatoms. The fraction of sp³-hybridized carbons (Fsp3) is 0.478. The van der Waals surface area contributed by atoms with Gasteiger partial charge in [-0.15, -0.1) is 10.2 Å². The number of methoxy groups -OCH3 is 2. The number of nitrogens with zero attached hydrogens (tertiary/aromatic N) is 4. The number of nitriles is 1. The quantitative estimate of drug-likeness (QED) is 0.0661. The van der Waals surface area contributed by atoms with E-state index in [9.17, 15) is 35.1 Å². The van der Waals surface area contributed by atoms with Crippen LogP contribution in [0.2, 0.25) is 0 Å². The van der Waals surface area contributed by atoms with Crippen molar-refractivity contribution in [3.05, 3.63) is 29.3 Å². The van der Waals surface area contributed by atoms with Gasteiger partial charge in [-0.25, -0.2) is 17.6 Å². The van der Waals surface area contributed by atoms with Crippen molar-refractivity contribution in [3.63, 3.8) is 0 Å². The molecule has 2 rings (SSSR count). The van der Waals surface area contributed by atoms with Crippen LogP contribution in [-0.4, -0.2) is 92.2 Å². The van der Waals surface area contributed by atoms with Crippen molar-refractivity contribution in [2.24, 2.45) is 10.2 Å². The molecule has 0 bridgehead atoms. The molecule has 1 heterocycles. The van der Waals surface area contributed by atoms with Gasteiger partial charge in [0.1, 0.15) is 28.2 Å². The molecule has 0 saturated heterocycles. The summed E-state index contributed by atoms with van der Waals surface area (Å²) in [5.41, 5.74) is 0.130. The van der Waals surface area contributed by atoms with Crippen molar-refractivity contribution >= 4 is 53.4 Å². The Hall–Kier alpha value is -2.29. The van der Waals surface area contributed by atoms with Gasteiger partial charge in [0.2, 0.25) is 0 Å². The van der Waals surface area contributed by atoms with Crippen molar-refractivity contribution in [1.82, 2.24) is 4.98 Å². The molecule has 0 aliphatic heterocycles. The molecule has 1 aromatic carbocycles. The van der Waals surface area contributed by atoms with Gasteiger partial charge >= 0.3 is 40.0 Å². The van der Waals surface area contributed by atoms with E-state index in [2.05, 4.69) is 36.1 Å². The Morgan fingerprint density at radius 3 is 2.05 bits per heavy atom. The molecule has 0 atom stereocenters. The third kappa shape index (κ3) is 12.2. The second-order valence-electron chi connectivity index (χ2n) is 8.69. The first-order chi connectivity index (χ1) is 20.1. The molecule has 0 aliphatic carbocycles. The molecule has 238 valence electrons. The van der Waals surface area contributed by atoms with E-state index in [4.69, 9.17) is 14.0 Å². The predicted octanol–water partition coefficient (Wildman–Crippen LogP) is -0.582. The predicted molar refractivity (Wildman–Crippen MR) is 154 cm³/mol. The van der Waals surface area contributed by atoms with Crippen LogP contribution in [-0.2, 0) is 44.0 Å². The molecule has 0 saturated carbocycles. The fourth-order valence-electron chi connectivity index (χ4n) is 3.50. The summed E-state index contributed by atoms with van der Waals surface area (Å²) in [5.74, 6) is -0.461. The molecular weight excluding hydrogens is 655 g/mol. The normalized spacial score (nSPS) is 12.1. The molecule has 4 N–H and O–H groups in total. The average molecular weight is 688 g/mol. The van der Waals surface area contributed by atoms with Gasteiger partial charge in [-0.05, 0) is 38.0 Å². The van der Waals surface area contributed by atoms with Crippen LogP contribution >= 0.6 is 0 Å². The van der Waals surface area contributed by atoms with E-state index in [0.717, 1.165) is 12.1 Å². The zero-order valence-electron chi connectivity index (χ0n) is 24.5. The fourth-order valence-corrected chi connectivity index (χ4v) is 5.73. The summed E-state index contributed by atoms with van der Waals surface area (Å²) in [6, 6.07) is 4.61. The van der Waals surface area contributed by atoms with Crippen molar-refractivity contribution < 1.29 is 77.6 Å². The number of nitrogens with one attached hydrogen (secondary N) is 2. The number of aromatic nitrogens is 1. The molecule has 0 spiro atoms. The van der Waals surface area contributed by atoms with E-state index in [1.54, 1.807) is 21.1 Å². The van der Waals surface area contributed by atoms with Gasteiger partial charge in [0, 0.05) is 46.1 Å². The number of benzene rings is 1. The minimum absolute atomic E-state index is 0. The second-order valence-corrected chi connectivity index (χ2v) is 13.3. The zero-order valence-corrected chi connectivity index (χ0v) is 28.9. The first-order valence-corrected chi connectivity index (χ1v) is 16.9. The second kappa shape index (κ2) is 18.0. The Bertz CT molecular complexity index is 1680. The maximum absolute atomic E-state index is 12.6. The van der Waals surface area contributed by atoms with Gasteiger partial charge in [-0.3, -0.25) is 9.11 Å². The van der Waals surface area contributed by atoms with Crippen LogP contribution in [0, 0.1) is 18.3 Å². The number of sulfone groups is 1. The first kappa shape index (κ1) is 39.7. The number of azo groups is 1. The maximum Gasteiger partial charge on any atom is 1.00 e. The van der Waals surface area contributed by atoms with Crippen molar-refractivity contribution in [3.8, 4) is 6.07 Å². The molecule has 44 heavy (non-hydrogen) atoms. The van der Waals surface area contributed by atoms with E-state index in [1.807, 2.05) is 0 Å². The number of pyridine rings is 1. The van der Waals surface area contributed by atoms with E-state index in [-0.39, 0.29) is 52.4 Å². The summed E-state index contributed by atoms with van der Waals surface area (Å²) in [5, 5.41) is 24.0. The minimum Gasteiger partial charge on any atom is -0.385 e. The van der Waals surface area contributed by atoms with Gasteiger partial charge in [-0.2, -0.15) is 22.1 Å².